The van der Waals surface area contributed by atoms with Gasteiger partial charge < -0.3 is 0 Å². The van der Waals surface area contributed by atoms with Gasteiger partial charge in [0.25, 0.3) is 0 Å². The Labute approximate surface area is 74.1 Å². The average molecular weight is 221 g/mol. The van der Waals surface area contributed by atoms with Gasteiger partial charge in [-0.2, -0.15) is 13.2 Å². The van der Waals surface area contributed by atoms with Crippen molar-refractivity contribution in [2.75, 3.05) is 6.61 Å². The number of hydrogen-bond acceptors (Lipinski definition) is 3. The zero-order chi connectivity index (χ0) is 10.7. The van der Waals surface area contributed by atoms with Crippen molar-refractivity contribution in [2.45, 2.75) is 19.4 Å². The fourth-order valence-electron chi connectivity index (χ4n) is 0.326. The van der Waals surface area contributed by atoms with E-state index in [9.17, 15) is 21.6 Å². The molecule has 80 valence electrons. The highest BCUT2D eigenvalue weighted by molar-refractivity contribution is 7.90. The molecule has 0 saturated heterocycles. The van der Waals surface area contributed by atoms with E-state index in [-0.39, 0.29) is 12.5 Å². The molecule has 0 heterocycles. The summed E-state index contributed by atoms with van der Waals surface area (Å²) in [5.74, 6) is -0.0593. The third-order valence-corrected chi connectivity index (χ3v) is 1.84. The monoisotopic (exact) mass is 221 g/mol. The van der Waals surface area contributed by atoms with Crippen LogP contribution in [0.25, 0.3) is 0 Å². The van der Waals surface area contributed by atoms with E-state index in [1.165, 1.54) is 0 Å². The molecule has 13 heavy (non-hydrogen) atoms. The Morgan fingerprint density at radius 1 is 1.38 bits per heavy atom. The van der Waals surface area contributed by atoms with Gasteiger partial charge in [-0.1, -0.05) is 18.7 Å². The lowest BCUT2D eigenvalue weighted by atomic mass is 10.2. The van der Waals surface area contributed by atoms with E-state index in [1.54, 1.807) is 13.8 Å². The minimum atomic E-state index is -5.37. The third-order valence-electron chi connectivity index (χ3n) is 0.890. The summed E-state index contributed by atoms with van der Waals surface area (Å²) in [4.78, 5) is 5.11. The van der Waals surface area contributed by atoms with Crippen LogP contribution in [0.1, 0.15) is 13.8 Å². The Balaban J connectivity index is 4.07. The highest BCUT2D eigenvalue weighted by Gasteiger charge is 2.46. The van der Waals surface area contributed by atoms with E-state index in [0.717, 1.165) is 4.89 Å². The summed E-state index contributed by atoms with van der Waals surface area (Å²) in [5.41, 5.74) is -5.33. The molecule has 0 spiro atoms. The molecule has 1 N–H and O–H groups in total. The SMILES string of the molecule is CC(C)CONS(=O)(=O)C(F)(F)F. The van der Waals surface area contributed by atoms with Gasteiger partial charge in [-0.05, 0) is 5.92 Å². The zero-order valence-electron chi connectivity index (χ0n) is 7.05. The van der Waals surface area contributed by atoms with Gasteiger partial charge in [0, 0.05) is 0 Å². The molecule has 0 aliphatic carbocycles. The largest absolute Gasteiger partial charge is 0.513 e. The molecule has 0 aliphatic heterocycles. The van der Waals surface area contributed by atoms with Gasteiger partial charge in [0.05, 0.1) is 6.61 Å². The minimum Gasteiger partial charge on any atom is -0.287 e. The second kappa shape index (κ2) is 4.25. The van der Waals surface area contributed by atoms with Crippen molar-refractivity contribution in [2.24, 2.45) is 5.92 Å². The fraction of sp³-hybridized carbons (Fsp3) is 1.00. The first kappa shape index (κ1) is 12.7. The van der Waals surface area contributed by atoms with Crippen molar-refractivity contribution < 1.29 is 26.4 Å². The standard InChI is InChI=1S/C5H10F3NO3S/c1-4(2)3-12-9-13(10,11)5(6,7)8/h4,9H,3H2,1-2H3. The summed E-state index contributed by atoms with van der Waals surface area (Å²) >= 11 is 0. The van der Waals surface area contributed by atoms with Crippen molar-refractivity contribution >= 4 is 10.0 Å². The lowest BCUT2D eigenvalue weighted by Crippen LogP contribution is -2.37. The molecule has 0 saturated carbocycles. The maximum absolute atomic E-state index is 11.6. The Kier molecular flexibility index (Phi) is 4.14. The first-order chi connectivity index (χ1) is 5.67. The summed E-state index contributed by atoms with van der Waals surface area (Å²) in [6.07, 6.45) is 0. The van der Waals surface area contributed by atoms with Crippen LogP contribution in [0, 0.1) is 5.92 Å². The molecule has 0 fully saturated rings. The highest BCUT2D eigenvalue weighted by atomic mass is 32.2. The summed E-state index contributed by atoms with van der Waals surface area (Å²) < 4.78 is 55.4. The molecule has 0 amide bonds. The van der Waals surface area contributed by atoms with Crippen LogP contribution in [0.4, 0.5) is 13.2 Å². The third kappa shape index (κ3) is 4.44. The summed E-state index contributed by atoms with van der Waals surface area (Å²) in [6, 6.07) is 0. The number of sulfonamides is 1. The van der Waals surface area contributed by atoms with Crippen molar-refractivity contribution in [1.82, 2.24) is 4.89 Å². The Bertz CT molecular complexity index is 246. The van der Waals surface area contributed by atoms with Crippen LogP contribution in [0.15, 0.2) is 0 Å². The number of alkyl halides is 3. The van der Waals surface area contributed by atoms with E-state index in [2.05, 4.69) is 4.84 Å². The van der Waals surface area contributed by atoms with E-state index in [4.69, 9.17) is 0 Å². The molecule has 0 unspecified atom stereocenters. The van der Waals surface area contributed by atoms with Gasteiger partial charge in [0.15, 0.2) is 0 Å². The number of rotatable bonds is 4. The van der Waals surface area contributed by atoms with Gasteiger partial charge in [0.1, 0.15) is 0 Å². The lowest BCUT2D eigenvalue weighted by Gasteiger charge is -2.10. The number of hydrogen-bond donors (Lipinski definition) is 1. The molecule has 0 radical (unpaired) electrons. The molecule has 0 bridgehead atoms. The number of nitrogens with one attached hydrogen (secondary N) is 1. The van der Waals surface area contributed by atoms with Gasteiger partial charge >= 0.3 is 15.5 Å². The van der Waals surface area contributed by atoms with Crippen molar-refractivity contribution in [1.29, 1.82) is 0 Å². The Morgan fingerprint density at radius 3 is 2.15 bits per heavy atom. The summed E-state index contributed by atoms with van der Waals surface area (Å²) in [6.45, 7) is 3.22. The lowest BCUT2D eigenvalue weighted by molar-refractivity contribution is -0.0527. The maximum atomic E-state index is 11.6. The number of halogens is 3. The van der Waals surface area contributed by atoms with Gasteiger partial charge in [0.2, 0.25) is 0 Å². The van der Waals surface area contributed by atoms with Crippen LogP contribution in [-0.4, -0.2) is 20.5 Å². The molecule has 0 aromatic heterocycles. The molecular formula is C5H10F3NO3S. The van der Waals surface area contributed by atoms with E-state index >= 15 is 0 Å². The average Bonchev–Trinajstić information content (AvgIpc) is 1.82. The molecular weight excluding hydrogens is 211 g/mol. The Hall–Kier alpha value is -0.340. The van der Waals surface area contributed by atoms with Crippen molar-refractivity contribution in [3.63, 3.8) is 0 Å². The van der Waals surface area contributed by atoms with Crippen molar-refractivity contribution in [3.8, 4) is 0 Å². The predicted octanol–water partition coefficient (Wildman–Crippen LogP) is 1.01. The smallest absolute Gasteiger partial charge is 0.287 e. The molecule has 4 nitrogen and oxygen atoms in total. The van der Waals surface area contributed by atoms with Crippen LogP contribution in [-0.2, 0) is 14.9 Å². The molecule has 0 aromatic carbocycles. The second-order valence-corrected chi connectivity index (χ2v) is 4.37. The van der Waals surface area contributed by atoms with Gasteiger partial charge in [-0.25, -0.2) is 8.42 Å². The van der Waals surface area contributed by atoms with Crippen LogP contribution in [0.5, 0.6) is 0 Å². The van der Waals surface area contributed by atoms with E-state index in [0.29, 0.717) is 0 Å². The molecule has 0 aromatic rings. The van der Waals surface area contributed by atoms with Crippen LogP contribution in [0.2, 0.25) is 0 Å². The topological polar surface area (TPSA) is 55.4 Å². The van der Waals surface area contributed by atoms with Gasteiger partial charge in [-0.15, -0.1) is 0 Å². The Morgan fingerprint density at radius 2 is 1.85 bits per heavy atom. The minimum absolute atomic E-state index is 0.0593. The molecule has 8 heteroatoms. The van der Waals surface area contributed by atoms with E-state index < -0.39 is 15.5 Å². The van der Waals surface area contributed by atoms with Crippen LogP contribution >= 0.6 is 0 Å². The maximum Gasteiger partial charge on any atom is 0.513 e. The van der Waals surface area contributed by atoms with E-state index in [1.807, 2.05) is 0 Å². The predicted molar refractivity (Wildman–Crippen MR) is 38.9 cm³/mol. The first-order valence-electron chi connectivity index (χ1n) is 3.36. The van der Waals surface area contributed by atoms with Gasteiger partial charge in [-0.3, -0.25) is 4.84 Å². The summed E-state index contributed by atoms with van der Waals surface area (Å²) in [5, 5.41) is 0. The molecule has 0 aliphatic rings. The zero-order valence-corrected chi connectivity index (χ0v) is 7.87. The molecule has 0 atom stereocenters. The van der Waals surface area contributed by atoms with Crippen LogP contribution < -0.4 is 4.89 Å². The normalized spacial score (nSPS) is 13.7. The second-order valence-electron chi connectivity index (χ2n) is 2.74. The summed E-state index contributed by atoms with van der Waals surface area (Å²) in [7, 11) is -5.37. The van der Waals surface area contributed by atoms with Crippen molar-refractivity contribution in [3.05, 3.63) is 0 Å². The first-order valence-corrected chi connectivity index (χ1v) is 4.85. The highest BCUT2D eigenvalue weighted by Crippen LogP contribution is 2.21. The van der Waals surface area contributed by atoms with Crippen LogP contribution in [0.3, 0.4) is 0 Å². The molecule has 0 rings (SSSR count). The fourth-order valence-corrected chi connectivity index (χ4v) is 0.643. The quantitative estimate of drug-likeness (QED) is 0.721.